The molecular weight excluding hydrogens is 292 g/mol. The predicted molar refractivity (Wildman–Crippen MR) is 92.5 cm³/mol. The van der Waals surface area contributed by atoms with E-state index in [1.807, 2.05) is 0 Å². The number of benzene rings is 1. The number of aryl methyl sites for hydroxylation is 1. The standard InChI is InChI=1S/C18H22N2OS/c1-4-11-5-7-12(8-6-11)16-15-13(19-17(22)20-16)9-18(2,3)10-14(15)21/h5-8,16H,4,9-10H2,1-3H3,(H2,19,20,22)/t16-/m0/s1. The summed E-state index contributed by atoms with van der Waals surface area (Å²) in [6, 6.07) is 8.32. The van der Waals surface area contributed by atoms with Crippen molar-refractivity contribution in [2.75, 3.05) is 0 Å². The molecule has 0 spiro atoms. The molecule has 2 aliphatic rings. The summed E-state index contributed by atoms with van der Waals surface area (Å²) >= 11 is 5.35. The second kappa shape index (κ2) is 5.51. The van der Waals surface area contributed by atoms with E-state index in [0.717, 1.165) is 29.7 Å². The van der Waals surface area contributed by atoms with Crippen LogP contribution in [0.4, 0.5) is 0 Å². The van der Waals surface area contributed by atoms with Crippen molar-refractivity contribution in [1.82, 2.24) is 10.6 Å². The molecule has 1 heterocycles. The van der Waals surface area contributed by atoms with Crippen LogP contribution in [0.1, 0.15) is 50.8 Å². The summed E-state index contributed by atoms with van der Waals surface area (Å²) < 4.78 is 0. The first kappa shape index (κ1) is 15.2. The third kappa shape index (κ3) is 2.80. The molecule has 3 rings (SSSR count). The zero-order chi connectivity index (χ0) is 15.9. The van der Waals surface area contributed by atoms with Gasteiger partial charge < -0.3 is 10.6 Å². The van der Waals surface area contributed by atoms with Crippen molar-refractivity contribution < 1.29 is 4.79 Å². The fourth-order valence-corrected chi connectivity index (χ4v) is 3.59. The topological polar surface area (TPSA) is 41.1 Å². The Bertz CT molecular complexity index is 658. The van der Waals surface area contributed by atoms with Crippen molar-refractivity contribution in [2.24, 2.45) is 5.41 Å². The molecule has 1 atom stereocenters. The molecule has 0 unspecified atom stereocenters. The molecule has 0 saturated heterocycles. The number of thiocarbonyl (C=S) groups is 1. The van der Waals surface area contributed by atoms with Crippen LogP contribution < -0.4 is 10.6 Å². The quantitative estimate of drug-likeness (QED) is 0.821. The summed E-state index contributed by atoms with van der Waals surface area (Å²) in [5.74, 6) is 0.221. The van der Waals surface area contributed by atoms with E-state index in [0.29, 0.717) is 11.5 Å². The molecule has 1 aromatic rings. The molecule has 1 aromatic carbocycles. The number of rotatable bonds is 2. The Kier molecular flexibility index (Phi) is 3.81. The van der Waals surface area contributed by atoms with Crippen molar-refractivity contribution in [3.05, 3.63) is 46.7 Å². The lowest BCUT2D eigenvalue weighted by Gasteiger charge is -2.39. The van der Waals surface area contributed by atoms with Crippen LogP contribution in [-0.2, 0) is 11.2 Å². The van der Waals surface area contributed by atoms with Crippen LogP contribution in [0.3, 0.4) is 0 Å². The Morgan fingerprint density at radius 3 is 2.55 bits per heavy atom. The van der Waals surface area contributed by atoms with Gasteiger partial charge in [-0.15, -0.1) is 0 Å². The van der Waals surface area contributed by atoms with Crippen molar-refractivity contribution >= 4 is 23.1 Å². The highest BCUT2D eigenvalue weighted by atomic mass is 32.1. The van der Waals surface area contributed by atoms with Crippen molar-refractivity contribution in [3.63, 3.8) is 0 Å². The summed E-state index contributed by atoms with van der Waals surface area (Å²) in [6.07, 6.45) is 2.46. The first-order valence-corrected chi connectivity index (χ1v) is 8.23. The van der Waals surface area contributed by atoms with E-state index in [9.17, 15) is 4.79 Å². The van der Waals surface area contributed by atoms with E-state index in [4.69, 9.17) is 12.2 Å². The largest absolute Gasteiger partial charge is 0.351 e. The molecule has 0 saturated carbocycles. The minimum atomic E-state index is -0.127. The molecule has 1 aliphatic heterocycles. The van der Waals surface area contributed by atoms with Gasteiger partial charge in [0.1, 0.15) is 0 Å². The number of carbonyl (C=O) groups is 1. The average molecular weight is 314 g/mol. The summed E-state index contributed by atoms with van der Waals surface area (Å²) in [7, 11) is 0. The van der Waals surface area contributed by atoms with Gasteiger partial charge in [-0.05, 0) is 41.6 Å². The molecule has 0 bridgehead atoms. The molecule has 0 radical (unpaired) electrons. The van der Waals surface area contributed by atoms with E-state index >= 15 is 0 Å². The Balaban J connectivity index is 2.02. The van der Waals surface area contributed by atoms with Crippen LogP contribution in [-0.4, -0.2) is 10.9 Å². The zero-order valence-electron chi connectivity index (χ0n) is 13.3. The second-order valence-electron chi connectivity index (χ2n) is 6.96. The third-order valence-electron chi connectivity index (χ3n) is 4.47. The van der Waals surface area contributed by atoms with Crippen molar-refractivity contribution in [2.45, 2.75) is 46.1 Å². The number of hydrogen-bond donors (Lipinski definition) is 2. The monoisotopic (exact) mass is 314 g/mol. The highest BCUT2D eigenvalue weighted by Gasteiger charge is 2.39. The van der Waals surface area contributed by atoms with Gasteiger partial charge in [-0.3, -0.25) is 4.79 Å². The maximum atomic E-state index is 12.7. The molecule has 0 aromatic heterocycles. The first-order chi connectivity index (χ1) is 10.4. The highest BCUT2D eigenvalue weighted by Crippen LogP contribution is 2.41. The van der Waals surface area contributed by atoms with Crippen molar-refractivity contribution in [3.8, 4) is 0 Å². The van der Waals surface area contributed by atoms with Crippen LogP contribution in [0.2, 0.25) is 0 Å². The van der Waals surface area contributed by atoms with E-state index < -0.39 is 0 Å². The molecule has 4 heteroatoms. The van der Waals surface area contributed by atoms with Crippen LogP contribution >= 0.6 is 12.2 Å². The number of carbonyl (C=O) groups excluding carboxylic acids is 1. The predicted octanol–water partition coefficient (Wildman–Crippen LogP) is 3.41. The normalized spacial score (nSPS) is 23.7. The van der Waals surface area contributed by atoms with E-state index in [1.165, 1.54) is 5.56 Å². The van der Waals surface area contributed by atoms with Crippen LogP contribution in [0.25, 0.3) is 0 Å². The second-order valence-corrected chi connectivity index (χ2v) is 7.37. The van der Waals surface area contributed by atoms with Gasteiger partial charge in [0.25, 0.3) is 0 Å². The van der Waals surface area contributed by atoms with Gasteiger partial charge >= 0.3 is 0 Å². The lowest BCUT2D eigenvalue weighted by Crippen LogP contribution is -2.48. The SMILES string of the molecule is CCc1ccc([C@@H]2NC(=S)NC3=C2C(=O)CC(C)(C)C3)cc1. The molecule has 116 valence electrons. The Morgan fingerprint density at radius 1 is 1.23 bits per heavy atom. The Labute approximate surface area is 137 Å². The molecule has 3 nitrogen and oxygen atoms in total. The van der Waals surface area contributed by atoms with Gasteiger partial charge in [0.2, 0.25) is 0 Å². The van der Waals surface area contributed by atoms with Crippen LogP contribution in [0.5, 0.6) is 0 Å². The Hall–Kier alpha value is -1.68. The number of ketones is 1. The van der Waals surface area contributed by atoms with Gasteiger partial charge in [0, 0.05) is 17.7 Å². The van der Waals surface area contributed by atoms with Gasteiger partial charge in [-0.25, -0.2) is 0 Å². The van der Waals surface area contributed by atoms with Gasteiger partial charge in [-0.1, -0.05) is 45.0 Å². The van der Waals surface area contributed by atoms with E-state index in [-0.39, 0.29) is 17.2 Å². The van der Waals surface area contributed by atoms with Crippen LogP contribution in [0, 0.1) is 5.41 Å². The fourth-order valence-electron chi connectivity index (χ4n) is 3.35. The maximum Gasteiger partial charge on any atom is 0.171 e. The van der Waals surface area contributed by atoms with E-state index in [2.05, 4.69) is 55.7 Å². The molecule has 22 heavy (non-hydrogen) atoms. The lowest BCUT2D eigenvalue weighted by atomic mass is 9.73. The maximum absolute atomic E-state index is 12.7. The molecular formula is C18H22N2OS. The number of allylic oxidation sites excluding steroid dienone is 1. The average Bonchev–Trinajstić information content (AvgIpc) is 2.44. The minimum Gasteiger partial charge on any atom is -0.351 e. The van der Waals surface area contributed by atoms with Gasteiger partial charge in [0.05, 0.1) is 6.04 Å². The molecule has 0 amide bonds. The Morgan fingerprint density at radius 2 is 1.91 bits per heavy atom. The highest BCUT2D eigenvalue weighted by molar-refractivity contribution is 7.80. The lowest BCUT2D eigenvalue weighted by molar-refractivity contribution is -0.118. The van der Waals surface area contributed by atoms with Gasteiger partial charge in [0.15, 0.2) is 10.9 Å². The number of hydrogen-bond acceptors (Lipinski definition) is 2. The van der Waals surface area contributed by atoms with E-state index in [1.54, 1.807) is 0 Å². The molecule has 1 aliphatic carbocycles. The van der Waals surface area contributed by atoms with Gasteiger partial charge in [-0.2, -0.15) is 0 Å². The number of Topliss-reactive ketones (excluding diaryl/α,β-unsaturated/α-hetero) is 1. The summed E-state index contributed by atoms with van der Waals surface area (Å²) in [5.41, 5.74) is 4.24. The summed E-state index contributed by atoms with van der Waals surface area (Å²) in [6.45, 7) is 6.40. The molecule has 0 fully saturated rings. The van der Waals surface area contributed by atoms with Crippen molar-refractivity contribution in [1.29, 1.82) is 0 Å². The third-order valence-corrected chi connectivity index (χ3v) is 4.69. The number of nitrogens with one attached hydrogen (secondary N) is 2. The zero-order valence-corrected chi connectivity index (χ0v) is 14.1. The summed E-state index contributed by atoms with van der Waals surface area (Å²) in [4.78, 5) is 12.7. The fraction of sp³-hybridized carbons (Fsp3) is 0.444. The minimum absolute atomic E-state index is 0.00745. The summed E-state index contributed by atoms with van der Waals surface area (Å²) in [5, 5.41) is 7.08. The first-order valence-electron chi connectivity index (χ1n) is 7.82. The van der Waals surface area contributed by atoms with Crippen LogP contribution in [0.15, 0.2) is 35.5 Å². The molecule has 2 N–H and O–H groups in total. The smallest absolute Gasteiger partial charge is 0.171 e.